The van der Waals surface area contributed by atoms with Crippen LogP contribution in [-0.2, 0) is 6.42 Å². The Bertz CT molecular complexity index is 566. The molecule has 1 aromatic carbocycles. The summed E-state index contributed by atoms with van der Waals surface area (Å²) in [5.74, 6) is -0.719. The molecule has 0 spiro atoms. The Morgan fingerprint density at radius 1 is 1.39 bits per heavy atom. The van der Waals surface area contributed by atoms with Crippen LogP contribution in [0.4, 0.5) is 8.78 Å². The lowest BCUT2D eigenvalue weighted by atomic mass is 10.0. The molecule has 1 N–H and O–H groups in total. The molecule has 0 aliphatic carbocycles. The topological polar surface area (TPSA) is 33.4 Å². The van der Waals surface area contributed by atoms with Gasteiger partial charge in [0.2, 0.25) is 0 Å². The van der Waals surface area contributed by atoms with Gasteiger partial charge in [-0.25, -0.2) is 8.78 Å². The van der Waals surface area contributed by atoms with Gasteiger partial charge in [0, 0.05) is 17.5 Å². The molecular weight excluding hydrogens is 306 g/mol. The van der Waals surface area contributed by atoms with E-state index in [4.69, 9.17) is 4.42 Å². The standard InChI is InChI=1S/C13H11BrF2O2/c1-7-4-8(6-18-7)12(17)5-9-11(15)3-2-10(14)13(9)16/h2-4,6,12,17H,5H2,1H3. The fourth-order valence-electron chi connectivity index (χ4n) is 1.71. The summed E-state index contributed by atoms with van der Waals surface area (Å²) >= 11 is 2.99. The Hall–Kier alpha value is -1.20. The van der Waals surface area contributed by atoms with Crippen molar-refractivity contribution in [1.29, 1.82) is 0 Å². The number of furan rings is 1. The minimum atomic E-state index is -0.999. The van der Waals surface area contributed by atoms with E-state index in [1.165, 1.54) is 12.3 Å². The first-order chi connectivity index (χ1) is 8.49. The summed E-state index contributed by atoms with van der Waals surface area (Å²) in [6, 6.07) is 4.09. The van der Waals surface area contributed by atoms with Crippen molar-refractivity contribution in [3.05, 3.63) is 57.5 Å². The first kappa shape index (κ1) is 13.2. The highest BCUT2D eigenvalue weighted by molar-refractivity contribution is 9.10. The molecule has 0 fully saturated rings. The van der Waals surface area contributed by atoms with Gasteiger partial charge in [0.1, 0.15) is 17.4 Å². The molecule has 0 amide bonds. The second kappa shape index (κ2) is 5.20. The van der Waals surface area contributed by atoms with Crippen LogP contribution in [0.3, 0.4) is 0 Å². The molecule has 0 saturated heterocycles. The SMILES string of the molecule is Cc1cc(C(O)Cc2c(F)ccc(Br)c2F)co1. The summed E-state index contributed by atoms with van der Waals surface area (Å²) in [5.41, 5.74) is 0.363. The number of benzene rings is 1. The second-order valence-corrected chi connectivity index (χ2v) is 4.89. The summed E-state index contributed by atoms with van der Waals surface area (Å²) in [6.45, 7) is 1.73. The minimum Gasteiger partial charge on any atom is -0.469 e. The molecule has 5 heteroatoms. The van der Waals surface area contributed by atoms with Crippen molar-refractivity contribution in [2.45, 2.75) is 19.4 Å². The third-order valence-corrected chi connectivity index (χ3v) is 3.28. The van der Waals surface area contributed by atoms with E-state index < -0.39 is 17.7 Å². The molecule has 96 valence electrons. The predicted molar refractivity (Wildman–Crippen MR) is 66.2 cm³/mol. The van der Waals surface area contributed by atoms with E-state index in [9.17, 15) is 13.9 Å². The number of halogens is 3. The van der Waals surface area contributed by atoms with Crippen molar-refractivity contribution in [2.75, 3.05) is 0 Å². The van der Waals surface area contributed by atoms with E-state index in [2.05, 4.69) is 15.9 Å². The minimum absolute atomic E-state index is 0.143. The van der Waals surface area contributed by atoms with Crippen LogP contribution in [0.15, 0.2) is 33.4 Å². The maximum absolute atomic E-state index is 13.7. The molecule has 0 aliphatic rings. The first-order valence-electron chi connectivity index (χ1n) is 5.34. The van der Waals surface area contributed by atoms with Crippen LogP contribution >= 0.6 is 15.9 Å². The fourth-order valence-corrected chi connectivity index (χ4v) is 2.08. The summed E-state index contributed by atoms with van der Waals surface area (Å²) in [5, 5.41) is 9.92. The molecule has 0 radical (unpaired) electrons. The van der Waals surface area contributed by atoms with Gasteiger partial charge in [-0.05, 0) is 41.1 Å². The van der Waals surface area contributed by atoms with Crippen molar-refractivity contribution in [2.24, 2.45) is 0 Å². The van der Waals surface area contributed by atoms with Gasteiger partial charge >= 0.3 is 0 Å². The van der Waals surface area contributed by atoms with E-state index in [1.807, 2.05) is 0 Å². The monoisotopic (exact) mass is 316 g/mol. The number of aliphatic hydroxyl groups is 1. The van der Waals surface area contributed by atoms with Crippen LogP contribution in [0.1, 0.15) is 23.0 Å². The van der Waals surface area contributed by atoms with E-state index in [0.717, 1.165) is 6.07 Å². The van der Waals surface area contributed by atoms with E-state index in [-0.39, 0.29) is 16.5 Å². The van der Waals surface area contributed by atoms with Crippen LogP contribution in [0, 0.1) is 18.6 Å². The van der Waals surface area contributed by atoms with E-state index >= 15 is 0 Å². The van der Waals surface area contributed by atoms with E-state index in [1.54, 1.807) is 13.0 Å². The summed E-state index contributed by atoms with van der Waals surface area (Å²) in [6.07, 6.45) is 0.241. The zero-order chi connectivity index (χ0) is 13.3. The van der Waals surface area contributed by atoms with Gasteiger partial charge < -0.3 is 9.52 Å². The van der Waals surface area contributed by atoms with Crippen molar-refractivity contribution in [3.63, 3.8) is 0 Å². The fraction of sp³-hybridized carbons (Fsp3) is 0.231. The van der Waals surface area contributed by atoms with Gasteiger partial charge in [0.15, 0.2) is 0 Å². The Morgan fingerprint density at radius 2 is 2.11 bits per heavy atom. The molecule has 0 saturated carbocycles. The zero-order valence-electron chi connectivity index (χ0n) is 9.58. The maximum atomic E-state index is 13.7. The number of hydrogen-bond donors (Lipinski definition) is 1. The maximum Gasteiger partial charge on any atom is 0.143 e. The summed E-state index contributed by atoms with van der Waals surface area (Å²) in [4.78, 5) is 0. The Kier molecular flexibility index (Phi) is 3.82. The average Bonchev–Trinajstić information content (AvgIpc) is 2.76. The largest absolute Gasteiger partial charge is 0.469 e. The number of aliphatic hydroxyl groups excluding tert-OH is 1. The molecule has 18 heavy (non-hydrogen) atoms. The first-order valence-corrected chi connectivity index (χ1v) is 6.14. The van der Waals surface area contributed by atoms with E-state index in [0.29, 0.717) is 11.3 Å². The van der Waals surface area contributed by atoms with Gasteiger partial charge in [-0.1, -0.05) is 0 Å². The molecule has 1 unspecified atom stereocenters. The second-order valence-electron chi connectivity index (χ2n) is 4.03. The van der Waals surface area contributed by atoms with Gasteiger partial charge in [-0.15, -0.1) is 0 Å². The Balaban J connectivity index is 2.27. The third kappa shape index (κ3) is 2.62. The lowest BCUT2D eigenvalue weighted by Crippen LogP contribution is -2.05. The highest BCUT2D eigenvalue weighted by atomic mass is 79.9. The van der Waals surface area contributed by atoms with Crippen LogP contribution in [0.5, 0.6) is 0 Å². The smallest absolute Gasteiger partial charge is 0.143 e. The van der Waals surface area contributed by atoms with Gasteiger partial charge in [0.05, 0.1) is 16.8 Å². The summed E-state index contributed by atoms with van der Waals surface area (Å²) in [7, 11) is 0. The van der Waals surface area contributed by atoms with Gasteiger partial charge in [-0.3, -0.25) is 0 Å². The van der Waals surface area contributed by atoms with Crippen LogP contribution < -0.4 is 0 Å². The highest BCUT2D eigenvalue weighted by Gasteiger charge is 2.18. The summed E-state index contributed by atoms with van der Waals surface area (Å²) < 4.78 is 32.5. The van der Waals surface area contributed by atoms with Crippen LogP contribution in [-0.4, -0.2) is 5.11 Å². The number of hydrogen-bond acceptors (Lipinski definition) is 2. The molecule has 2 rings (SSSR count). The van der Waals surface area contributed by atoms with Crippen molar-refractivity contribution >= 4 is 15.9 Å². The molecule has 2 nitrogen and oxygen atoms in total. The van der Waals surface area contributed by atoms with Crippen LogP contribution in [0.2, 0.25) is 0 Å². The van der Waals surface area contributed by atoms with Crippen molar-refractivity contribution in [1.82, 2.24) is 0 Å². The lowest BCUT2D eigenvalue weighted by Gasteiger charge is -2.11. The number of aryl methyl sites for hydroxylation is 1. The molecular formula is C13H11BrF2O2. The van der Waals surface area contributed by atoms with Crippen molar-refractivity contribution in [3.8, 4) is 0 Å². The quantitative estimate of drug-likeness (QED) is 0.871. The van der Waals surface area contributed by atoms with Gasteiger partial charge in [0.25, 0.3) is 0 Å². The molecule has 0 aliphatic heterocycles. The van der Waals surface area contributed by atoms with Crippen molar-refractivity contribution < 1.29 is 18.3 Å². The zero-order valence-corrected chi connectivity index (χ0v) is 11.2. The van der Waals surface area contributed by atoms with Gasteiger partial charge in [-0.2, -0.15) is 0 Å². The molecule has 1 heterocycles. The molecule has 1 aromatic heterocycles. The predicted octanol–water partition coefficient (Wildman–Crippen LogP) is 3.90. The molecule has 0 bridgehead atoms. The number of rotatable bonds is 3. The van der Waals surface area contributed by atoms with Crippen LogP contribution in [0.25, 0.3) is 0 Å². The normalized spacial score (nSPS) is 12.7. The molecule has 2 aromatic rings. The average molecular weight is 317 g/mol. The Morgan fingerprint density at radius 3 is 2.72 bits per heavy atom. The third-order valence-electron chi connectivity index (χ3n) is 2.67. The Labute approximate surface area is 111 Å². The molecule has 1 atom stereocenters. The highest BCUT2D eigenvalue weighted by Crippen LogP contribution is 2.27. The lowest BCUT2D eigenvalue weighted by molar-refractivity contribution is 0.174.